The topological polar surface area (TPSA) is 9.23 Å². The lowest BCUT2D eigenvalue weighted by Crippen LogP contribution is -2.36. The first-order chi connectivity index (χ1) is 6.75. The van der Waals surface area contributed by atoms with Gasteiger partial charge < -0.3 is 4.74 Å². The summed E-state index contributed by atoms with van der Waals surface area (Å²) in [5, 5.41) is 0. The van der Waals surface area contributed by atoms with Crippen LogP contribution in [0.25, 0.3) is 0 Å². The Hall–Kier alpha value is -0.0400. The number of rotatable bonds is 3. The molecule has 14 heavy (non-hydrogen) atoms. The van der Waals surface area contributed by atoms with E-state index in [1.165, 1.54) is 32.1 Å². The Labute approximate surface area is 88.2 Å². The van der Waals surface area contributed by atoms with Crippen molar-refractivity contribution in [3.8, 4) is 0 Å². The van der Waals surface area contributed by atoms with E-state index in [4.69, 9.17) is 4.74 Å². The van der Waals surface area contributed by atoms with Crippen LogP contribution in [0.5, 0.6) is 0 Å². The standard InChI is InChI=1S/C13H24O/c1-10(2)7-11-3-5-12(6-4-11)13-8-14-9-13/h10-13H,3-9H2,1-2H3. The molecule has 82 valence electrons. The van der Waals surface area contributed by atoms with Gasteiger partial charge in [-0.15, -0.1) is 0 Å². The molecule has 1 aliphatic heterocycles. The van der Waals surface area contributed by atoms with Gasteiger partial charge in [-0.1, -0.05) is 26.7 Å². The van der Waals surface area contributed by atoms with Crippen molar-refractivity contribution in [2.24, 2.45) is 23.7 Å². The van der Waals surface area contributed by atoms with Crippen LogP contribution in [0.3, 0.4) is 0 Å². The zero-order chi connectivity index (χ0) is 9.97. The van der Waals surface area contributed by atoms with Gasteiger partial charge in [0, 0.05) is 5.92 Å². The molecule has 1 saturated heterocycles. The first-order valence-corrected chi connectivity index (χ1v) is 6.33. The second kappa shape index (κ2) is 4.65. The van der Waals surface area contributed by atoms with Gasteiger partial charge in [-0.2, -0.15) is 0 Å². The van der Waals surface area contributed by atoms with Gasteiger partial charge in [-0.05, 0) is 37.0 Å². The van der Waals surface area contributed by atoms with Crippen LogP contribution in [0.4, 0.5) is 0 Å². The molecule has 0 unspecified atom stereocenters. The molecule has 2 aliphatic rings. The highest BCUT2D eigenvalue weighted by Gasteiger charge is 2.31. The molecule has 0 N–H and O–H groups in total. The van der Waals surface area contributed by atoms with E-state index in [2.05, 4.69) is 13.8 Å². The fourth-order valence-electron chi connectivity index (χ4n) is 3.09. The van der Waals surface area contributed by atoms with E-state index in [1.807, 2.05) is 0 Å². The summed E-state index contributed by atoms with van der Waals surface area (Å²) in [6, 6.07) is 0. The van der Waals surface area contributed by atoms with E-state index in [-0.39, 0.29) is 0 Å². The summed E-state index contributed by atoms with van der Waals surface area (Å²) in [5.74, 6) is 3.86. The highest BCUT2D eigenvalue weighted by atomic mass is 16.5. The average molecular weight is 196 g/mol. The molecule has 1 saturated carbocycles. The van der Waals surface area contributed by atoms with E-state index in [0.29, 0.717) is 0 Å². The van der Waals surface area contributed by atoms with Crippen molar-refractivity contribution in [2.75, 3.05) is 13.2 Å². The molecule has 0 spiro atoms. The first-order valence-electron chi connectivity index (χ1n) is 6.33. The van der Waals surface area contributed by atoms with E-state index < -0.39 is 0 Å². The van der Waals surface area contributed by atoms with Crippen LogP contribution in [0.2, 0.25) is 0 Å². The molecule has 0 amide bonds. The van der Waals surface area contributed by atoms with E-state index >= 15 is 0 Å². The van der Waals surface area contributed by atoms with E-state index in [9.17, 15) is 0 Å². The summed E-state index contributed by atoms with van der Waals surface area (Å²) in [7, 11) is 0. The third-order valence-corrected chi connectivity index (χ3v) is 4.03. The minimum atomic E-state index is 0.892. The maximum absolute atomic E-state index is 5.28. The van der Waals surface area contributed by atoms with Gasteiger partial charge in [0.25, 0.3) is 0 Å². The summed E-state index contributed by atoms with van der Waals surface area (Å²) in [6.45, 7) is 6.82. The van der Waals surface area contributed by atoms with Gasteiger partial charge in [0.1, 0.15) is 0 Å². The van der Waals surface area contributed by atoms with Crippen molar-refractivity contribution >= 4 is 0 Å². The molecule has 1 aliphatic carbocycles. The number of hydrogen-bond acceptors (Lipinski definition) is 1. The Bertz CT molecular complexity index is 164. The Kier molecular flexibility index (Phi) is 3.48. The molecule has 0 aromatic heterocycles. The van der Waals surface area contributed by atoms with Gasteiger partial charge in [0.15, 0.2) is 0 Å². The van der Waals surface area contributed by atoms with Crippen molar-refractivity contribution in [1.82, 2.24) is 0 Å². The number of ether oxygens (including phenoxy) is 1. The summed E-state index contributed by atoms with van der Waals surface area (Å²) >= 11 is 0. The monoisotopic (exact) mass is 196 g/mol. The molecule has 1 nitrogen and oxygen atoms in total. The third kappa shape index (κ3) is 2.50. The van der Waals surface area contributed by atoms with Crippen molar-refractivity contribution in [1.29, 1.82) is 0 Å². The van der Waals surface area contributed by atoms with E-state index in [0.717, 1.165) is 36.9 Å². The van der Waals surface area contributed by atoms with Gasteiger partial charge in [-0.3, -0.25) is 0 Å². The Morgan fingerprint density at radius 2 is 1.64 bits per heavy atom. The fraction of sp³-hybridized carbons (Fsp3) is 1.00. The molecule has 0 aromatic carbocycles. The van der Waals surface area contributed by atoms with Crippen molar-refractivity contribution in [3.05, 3.63) is 0 Å². The maximum atomic E-state index is 5.28. The quantitative estimate of drug-likeness (QED) is 0.671. The zero-order valence-electron chi connectivity index (χ0n) is 9.67. The summed E-state index contributed by atoms with van der Waals surface area (Å²) < 4.78 is 5.28. The molecule has 1 heteroatoms. The molecule has 0 radical (unpaired) electrons. The van der Waals surface area contributed by atoms with Crippen LogP contribution in [-0.4, -0.2) is 13.2 Å². The van der Waals surface area contributed by atoms with Crippen LogP contribution >= 0.6 is 0 Å². The normalized spacial score (nSPS) is 34.5. The Morgan fingerprint density at radius 1 is 1.00 bits per heavy atom. The van der Waals surface area contributed by atoms with Crippen LogP contribution in [0.15, 0.2) is 0 Å². The fourth-order valence-corrected chi connectivity index (χ4v) is 3.09. The lowest BCUT2D eigenvalue weighted by atomic mass is 9.73. The van der Waals surface area contributed by atoms with Gasteiger partial charge in [0.2, 0.25) is 0 Å². The summed E-state index contributed by atoms with van der Waals surface area (Å²) in [4.78, 5) is 0. The van der Waals surface area contributed by atoms with Gasteiger partial charge in [0.05, 0.1) is 13.2 Å². The highest BCUT2D eigenvalue weighted by Crippen LogP contribution is 2.38. The molecular formula is C13H24O. The molecule has 0 bridgehead atoms. The van der Waals surface area contributed by atoms with Crippen molar-refractivity contribution < 1.29 is 4.74 Å². The summed E-state index contributed by atoms with van der Waals surface area (Å²) in [6.07, 6.45) is 7.38. The lowest BCUT2D eigenvalue weighted by molar-refractivity contribution is -0.0705. The van der Waals surface area contributed by atoms with Crippen LogP contribution in [0, 0.1) is 23.7 Å². The molecule has 0 atom stereocenters. The van der Waals surface area contributed by atoms with Crippen LogP contribution in [0.1, 0.15) is 46.0 Å². The van der Waals surface area contributed by atoms with E-state index in [1.54, 1.807) is 0 Å². The molecule has 2 fully saturated rings. The minimum absolute atomic E-state index is 0.892. The SMILES string of the molecule is CC(C)CC1CCC(C2COC2)CC1. The van der Waals surface area contributed by atoms with Crippen LogP contribution < -0.4 is 0 Å². The second-order valence-corrected chi connectivity index (χ2v) is 5.71. The smallest absolute Gasteiger partial charge is 0.0519 e. The van der Waals surface area contributed by atoms with Crippen molar-refractivity contribution in [3.63, 3.8) is 0 Å². The Balaban J connectivity index is 1.69. The van der Waals surface area contributed by atoms with Crippen molar-refractivity contribution in [2.45, 2.75) is 46.0 Å². The third-order valence-electron chi connectivity index (χ3n) is 4.03. The van der Waals surface area contributed by atoms with Gasteiger partial charge in [-0.25, -0.2) is 0 Å². The molecule has 1 heterocycles. The molecule has 0 aromatic rings. The van der Waals surface area contributed by atoms with Gasteiger partial charge >= 0.3 is 0 Å². The van der Waals surface area contributed by atoms with Crippen LogP contribution in [-0.2, 0) is 4.74 Å². The maximum Gasteiger partial charge on any atom is 0.0519 e. The largest absolute Gasteiger partial charge is 0.381 e. The lowest BCUT2D eigenvalue weighted by Gasteiger charge is -2.38. The Morgan fingerprint density at radius 3 is 2.07 bits per heavy atom. The number of hydrogen-bond donors (Lipinski definition) is 0. The average Bonchev–Trinajstić information content (AvgIpc) is 2.04. The first kappa shape index (κ1) is 10.5. The molecule has 2 rings (SSSR count). The predicted octanol–water partition coefficient (Wildman–Crippen LogP) is 3.49. The predicted molar refractivity (Wildman–Crippen MR) is 59.2 cm³/mol. The zero-order valence-corrected chi connectivity index (χ0v) is 9.67. The molecular weight excluding hydrogens is 172 g/mol. The second-order valence-electron chi connectivity index (χ2n) is 5.71. The summed E-state index contributed by atoms with van der Waals surface area (Å²) in [5.41, 5.74) is 0. The minimum Gasteiger partial charge on any atom is -0.381 e. The highest BCUT2D eigenvalue weighted by molar-refractivity contribution is 4.81.